The maximum atomic E-state index is 4.60. The molecule has 2 aromatic carbocycles. The third-order valence-electron chi connectivity index (χ3n) is 5.37. The molecule has 0 aliphatic carbocycles. The van der Waals surface area contributed by atoms with E-state index in [1.165, 1.54) is 33.4 Å². The first-order valence-electron chi connectivity index (χ1n) is 9.95. The summed E-state index contributed by atoms with van der Waals surface area (Å²) in [5, 5.41) is 0. The van der Waals surface area contributed by atoms with Gasteiger partial charge in [0.1, 0.15) is 0 Å². The normalized spacial score (nSPS) is 10.2. The van der Waals surface area contributed by atoms with Crippen LogP contribution in [0.25, 0.3) is 22.5 Å². The zero-order valence-corrected chi connectivity index (χ0v) is 17.9. The smallest absolute Gasteiger partial charge is 0.0733 e. The minimum absolute atomic E-state index is 1.07. The van der Waals surface area contributed by atoms with Crippen LogP contribution >= 0.6 is 0 Å². The molecule has 0 aliphatic heterocycles. The molecule has 0 N–H and O–H groups in total. The summed E-state index contributed by atoms with van der Waals surface area (Å²) in [6, 6.07) is 24.8. The van der Waals surface area contributed by atoms with Crippen molar-refractivity contribution in [1.29, 1.82) is 0 Å². The first-order chi connectivity index (χ1) is 14.0. The van der Waals surface area contributed by atoms with Crippen molar-refractivity contribution >= 4 is 0 Å². The molecule has 2 heteroatoms. The van der Waals surface area contributed by atoms with Crippen LogP contribution in [-0.4, -0.2) is 9.97 Å². The lowest BCUT2D eigenvalue weighted by Crippen LogP contribution is -1.93. The molecule has 0 spiro atoms. The average molecular weight is 381 g/mol. The summed E-state index contributed by atoms with van der Waals surface area (Å²) in [5.74, 6) is 0. The fourth-order valence-electron chi connectivity index (χ4n) is 3.17. The monoisotopic (exact) mass is 380 g/mol. The topological polar surface area (TPSA) is 25.8 Å². The molecule has 2 nitrogen and oxygen atoms in total. The lowest BCUT2D eigenvalue weighted by Gasteiger charge is -2.07. The highest BCUT2D eigenvalue weighted by atomic mass is 14.7. The summed E-state index contributed by atoms with van der Waals surface area (Å²) < 4.78 is 0. The van der Waals surface area contributed by atoms with Gasteiger partial charge in [-0.2, -0.15) is 0 Å². The third-order valence-corrected chi connectivity index (χ3v) is 5.37. The number of rotatable bonds is 2. The highest BCUT2D eigenvalue weighted by molar-refractivity contribution is 5.63. The van der Waals surface area contributed by atoms with Crippen LogP contribution < -0.4 is 0 Å². The molecule has 4 aromatic rings. The molecular weight excluding hydrogens is 352 g/mol. The van der Waals surface area contributed by atoms with E-state index in [1.54, 1.807) is 0 Å². The Morgan fingerprint density at radius 3 is 1.76 bits per heavy atom. The highest BCUT2D eigenvalue weighted by Gasteiger charge is 2.04. The molecule has 146 valence electrons. The summed E-state index contributed by atoms with van der Waals surface area (Å²) in [4.78, 5) is 9.01. The van der Waals surface area contributed by atoms with E-state index in [4.69, 9.17) is 0 Å². The predicted molar refractivity (Wildman–Crippen MR) is 123 cm³/mol. The lowest BCUT2D eigenvalue weighted by atomic mass is 10.0. The van der Waals surface area contributed by atoms with Crippen LogP contribution in [-0.2, 0) is 0 Å². The standard InChI is InChI=1S/C14H15N.C13H13N/c1-10-9-14(15-12(3)11(10)2)13-7-5-4-6-8-13;1-10-8-9-14-13(11(10)2)12-6-4-3-5-7-12/h4-9H,1-3H3;3-9H,1-2H3. The number of benzene rings is 2. The minimum Gasteiger partial charge on any atom is -0.256 e. The zero-order chi connectivity index (χ0) is 20.8. The van der Waals surface area contributed by atoms with Gasteiger partial charge in [-0.3, -0.25) is 9.97 Å². The van der Waals surface area contributed by atoms with Crippen molar-refractivity contribution in [2.45, 2.75) is 34.6 Å². The van der Waals surface area contributed by atoms with Gasteiger partial charge in [-0.1, -0.05) is 60.7 Å². The molecule has 0 radical (unpaired) electrons. The van der Waals surface area contributed by atoms with Crippen LogP contribution in [0.2, 0.25) is 0 Å². The number of nitrogens with zero attached hydrogens (tertiary/aromatic N) is 2. The lowest BCUT2D eigenvalue weighted by molar-refractivity contribution is 1.12. The Morgan fingerprint density at radius 2 is 1.17 bits per heavy atom. The molecule has 29 heavy (non-hydrogen) atoms. The van der Waals surface area contributed by atoms with E-state index in [2.05, 4.69) is 74.9 Å². The second kappa shape index (κ2) is 9.29. The van der Waals surface area contributed by atoms with Crippen molar-refractivity contribution in [3.05, 3.63) is 107 Å². The predicted octanol–water partition coefficient (Wildman–Crippen LogP) is 7.04. The van der Waals surface area contributed by atoms with Crippen LogP contribution in [0.15, 0.2) is 79.0 Å². The second-order valence-electron chi connectivity index (χ2n) is 7.37. The maximum Gasteiger partial charge on any atom is 0.0733 e. The van der Waals surface area contributed by atoms with E-state index in [-0.39, 0.29) is 0 Å². The van der Waals surface area contributed by atoms with Gasteiger partial charge in [0.25, 0.3) is 0 Å². The molecule has 4 rings (SSSR count). The zero-order valence-electron chi connectivity index (χ0n) is 17.9. The summed E-state index contributed by atoms with van der Waals surface area (Å²) >= 11 is 0. The fourth-order valence-corrected chi connectivity index (χ4v) is 3.17. The number of pyridine rings is 2. The van der Waals surface area contributed by atoms with Crippen molar-refractivity contribution in [3.8, 4) is 22.5 Å². The van der Waals surface area contributed by atoms with Crippen LogP contribution in [0.4, 0.5) is 0 Å². The third kappa shape index (κ3) is 4.97. The van der Waals surface area contributed by atoms with Gasteiger partial charge in [-0.15, -0.1) is 0 Å². The highest BCUT2D eigenvalue weighted by Crippen LogP contribution is 2.22. The first-order valence-corrected chi connectivity index (χ1v) is 9.95. The second-order valence-corrected chi connectivity index (χ2v) is 7.37. The van der Waals surface area contributed by atoms with Crippen LogP contribution in [0.5, 0.6) is 0 Å². The van der Waals surface area contributed by atoms with Crippen molar-refractivity contribution in [2.24, 2.45) is 0 Å². The average Bonchev–Trinajstić information content (AvgIpc) is 2.75. The Hall–Kier alpha value is -3.26. The molecule has 0 saturated heterocycles. The van der Waals surface area contributed by atoms with Gasteiger partial charge in [0.15, 0.2) is 0 Å². The molecular formula is C27H28N2. The van der Waals surface area contributed by atoms with E-state index in [9.17, 15) is 0 Å². The summed E-state index contributed by atoms with van der Waals surface area (Å²) in [7, 11) is 0. The van der Waals surface area contributed by atoms with Crippen LogP contribution in [0, 0.1) is 34.6 Å². The number of hydrogen-bond donors (Lipinski definition) is 0. The molecule has 0 fully saturated rings. The largest absolute Gasteiger partial charge is 0.256 e. The van der Waals surface area contributed by atoms with Gasteiger partial charge in [0.05, 0.1) is 11.4 Å². The molecule has 2 aromatic heterocycles. The van der Waals surface area contributed by atoms with Gasteiger partial charge in [-0.25, -0.2) is 0 Å². The molecule has 0 aliphatic rings. The summed E-state index contributed by atoms with van der Waals surface area (Å²) in [6.45, 7) is 10.5. The summed E-state index contributed by atoms with van der Waals surface area (Å²) in [6.07, 6.45) is 1.87. The Bertz CT molecular complexity index is 1060. The Kier molecular flexibility index (Phi) is 6.56. The number of aryl methyl sites for hydroxylation is 3. The molecule has 2 heterocycles. The van der Waals surface area contributed by atoms with Gasteiger partial charge in [0, 0.05) is 23.0 Å². The van der Waals surface area contributed by atoms with Crippen molar-refractivity contribution in [3.63, 3.8) is 0 Å². The van der Waals surface area contributed by atoms with Gasteiger partial charge < -0.3 is 0 Å². The quantitative estimate of drug-likeness (QED) is 0.373. The van der Waals surface area contributed by atoms with E-state index in [0.717, 1.165) is 17.1 Å². The molecule has 0 atom stereocenters. The first kappa shape index (κ1) is 20.5. The van der Waals surface area contributed by atoms with Crippen molar-refractivity contribution in [1.82, 2.24) is 9.97 Å². The Morgan fingerprint density at radius 1 is 0.586 bits per heavy atom. The number of aromatic nitrogens is 2. The van der Waals surface area contributed by atoms with Crippen molar-refractivity contribution < 1.29 is 0 Å². The van der Waals surface area contributed by atoms with E-state index in [1.807, 2.05) is 48.7 Å². The van der Waals surface area contributed by atoms with E-state index < -0.39 is 0 Å². The number of hydrogen-bond acceptors (Lipinski definition) is 2. The molecule has 0 unspecified atom stereocenters. The molecule has 0 saturated carbocycles. The van der Waals surface area contributed by atoms with Crippen LogP contribution in [0.1, 0.15) is 27.9 Å². The molecule has 0 bridgehead atoms. The summed E-state index contributed by atoms with van der Waals surface area (Å²) in [5.41, 5.74) is 10.8. The van der Waals surface area contributed by atoms with E-state index in [0.29, 0.717) is 0 Å². The Labute approximate surface area is 174 Å². The van der Waals surface area contributed by atoms with Crippen LogP contribution in [0.3, 0.4) is 0 Å². The fraction of sp³-hybridized carbons (Fsp3) is 0.185. The van der Waals surface area contributed by atoms with E-state index >= 15 is 0 Å². The maximum absolute atomic E-state index is 4.60. The Balaban J connectivity index is 0.000000166. The SMILES string of the molecule is Cc1cc(-c2ccccc2)nc(C)c1C.Cc1ccnc(-c2ccccc2)c1C. The van der Waals surface area contributed by atoms with Gasteiger partial charge in [0.2, 0.25) is 0 Å². The molecule has 0 amide bonds. The van der Waals surface area contributed by atoms with Gasteiger partial charge in [-0.05, 0) is 69.0 Å². The minimum atomic E-state index is 1.07. The van der Waals surface area contributed by atoms with Crippen molar-refractivity contribution in [2.75, 3.05) is 0 Å². The van der Waals surface area contributed by atoms with Gasteiger partial charge >= 0.3 is 0 Å².